The molecule has 0 bridgehead atoms. The van der Waals surface area contributed by atoms with E-state index < -0.39 is 11.9 Å². The number of nitrogens with one attached hydrogen (secondary N) is 1. The topological polar surface area (TPSA) is 91.1 Å². The number of fused-ring (bicyclic) bond motifs is 1. The van der Waals surface area contributed by atoms with Crippen LogP contribution >= 0.6 is 0 Å². The first kappa shape index (κ1) is 22.3. The van der Waals surface area contributed by atoms with Gasteiger partial charge in [-0.2, -0.15) is 18.3 Å². The van der Waals surface area contributed by atoms with Gasteiger partial charge in [-0.25, -0.2) is 19.9 Å². The third kappa shape index (κ3) is 3.77. The summed E-state index contributed by atoms with van der Waals surface area (Å²) < 4.78 is 41.0. The van der Waals surface area contributed by atoms with Crippen molar-refractivity contribution in [1.82, 2.24) is 39.4 Å². The van der Waals surface area contributed by atoms with E-state index in [-0.39, 0.29) is 23.8 Å². The zero-order chi connectivity index (χ0) is 24.0. The number of aromatic amines is 1. The van der Waals surface area contributed by atoms with Crippen molar-refractivity contribution in [1.29, 1.82) is 0 Å². The quantitative estimate of drug-likeness (QED) is 0.486. The first-order chi connectivity index (χ1) is 16.3. The second kappa shape index (κ2) is 8.35. The number of alkyl halides is 3. The van der Waals surface area contributed by atoms with Crippen LogP contribution < -0.4 is 4.90 Å². The molecule has 34 heavy (non-hydrogen) atoms. The molecule has 12 heteroatoms. The highest BCUT2D eigenvalue weighted by Gasteiger charge is 2.39. The molecule has 1 aliphatic rings. The van der Waals surface area contributed by atoms with Gasteiger partial charge in [-0.15, -0.1) is 0 Å². The summed E-state index contributed by atoms with van der Waals surface area (Å²) in [5, 5.41) is 7.04. The largest absolute Gasteiger partial charge is 0.434 e. The molecule has 1 aliphatic heterocycles. The van der Waals surface area contributed by atoms with Gasteiger partial charge in [-0.05, 0) is 26.5 Å². The van der Waals surface area contributed by atoms with Crippen molar-refractivity contribution in [2.24, 2.45) is 0 Å². The predicted molar refractivity (Wildman–Crippen MR) is 119 cm³/mol. The highest BCUT2D eigenvalue weighted by molar-refractivity contribution is 5.58. The van der Waals surface area contributed by atoms with Crippen molar-refractivity contribution in [3.05, 3.63) is 54.5 Å². The Hall–Kier alpha value is -3.54. The van der Waals surface area contributed by atoms with Crippen LogP contribution in [0.5, 0.6) is 0 Å². The average Bonchev–Trinajstić information content (AvgIpc) is 3.49. The maximum Gasteiger partial charge on any atom is 0.434 e. The highest BCUT2D eigenvalue weighted by atomic mass is 19.4. The zero-order valence-corrected chi connectivity index (χ0v) is 18.9. The van der Waals surface area contributed by atoms with Crippen LogP contribution in [-0.2, 0) is 6.18 Å². The number of anilines is 1. The van der Waals surface area contributed by atoms with E-state index in [0.29, 0.717) is 17.3 Å². The van der Waals surface area contributed by atoms with Crippen molar-refractivity contribution < 1.29 is 13.2 Å². The fourth-order valence-corrected chi connectivity index (χ4v) is 4.81. The molecule has 0 aliphatic carbocycles. The lowest BCUT2D eigenvalue weighted by Crippen LogP contribution is -2.58. The fourth-order valence-electron chi connectivity index (χ4n) is 4.81. The molecule has 9 nitrogen and oxygen atoms in total. The monoisotopic (exact) mass is 471 g/mol. The van der Waals surface area contributed by atoms with Crippen molar-refractivity contribution in [3.63, 3.8) is 0 Å². The lowest BCUT2D eigenvalue weighted by atomic mass is 9.94. The van der Waals surface area contributed by atoms with Gasteiger partial charge in [0.25, 0.3) is 0 Å². The summed E-state index contributed by atoms with van der Waals surface area (Å²) in [6.45, 7) is 8.09. The van der Waals surface area contributed by atoms with Crippen molar-refractivity contribution in [2.45, 2.75) is 45.1 Å². The molecule has 5 rings (SSSR count). The number of hydrogen-bond donors (Lipinski definition) is 1. The van der Waals surface area contributed by atoms with E-state index in [9.17, 15) is 13.2 Å². The molecule has 178 valence electrons. The zero-order valence-electron chi connectivity index (χ0n) is 18.9. The molecule has 1 N–H and O–H groups in total. The number of nitrogens with zero attached hydrogens (tertiary/aromatic N) is 8. The number of piperazine rings is 1. The summed E-state index contributed by atoms with van der Waals surface area (Å²) in [4.78, 5) is 21.4. The highest BCUT2D eigenvalue weighted by Crippen LogP contribution is 2.36. The molecule has 3 unspecified atom stereocenters. The molecule has 5 heterocycles. The van der Waals surface area contributed by atoms with Gasteiger partial charge in [0.2, 0.25) is 0 Å². The Labute approximate surface area is 193 Å². The number of halogens is 3. The number of likely N-dealkylation sites (N-methyl/N-ethyl adjacent to an activating group) is 1. The van der Waals surface area contributed by atoms with Crippen molar-refractivity contribution in [3.8, 4) is 11.5 Å². The molecule has 0 saturated carbocycles. The van der Waals surface area contributed by atoms with Crippen LogP contribution in [-0.4, -0.2) is 64.6 Å². The second-order valence-corrected chi connectivity index (χ2v) is 8.43. The molecule has 3 atom stereocenters. The van der Waals surface area contributed by atoms with Crippen LogP contribution in [0.15, 0.2) is 43.2 Å². The van der Waals surface area contributed by atoms with Gasteiger partial charge in [-0.3, -0.25) is 14.4 Å². The van der Waals surface area contributed by atoms with E-state index in [1.54, 1.807) is 6.20 Å². The van der Waals surface area contributed by atoms with Gasteiger partial charge in [0.05, 0.1) is 24.6 Å². The molecule has 0 amide bonds. The molecule has 1 fully saturated rings. The van der Waals surface area contributed by atoms with Crippen LogP contribution in [0.3, 0.4) is 0 Å². The van der Waals surface area contributed by atoms with Gasteiger partial charge in [0.1, 0.15) is 11.5 Å². The van der Waals surface area contributed by atoms with E-state index in [1.807, 2.05) is 18.5 Å². The summed E-state index contributed by atoms with van der Waals surface area (Å²) in [5.74, 6) is 0.996. The summed E-state index contributed by atoms with van der Waals surface area (Å²) in [6.07, 6.45) is 4.30. The number of hydrogen-bond acceptors (Lipinski definition) is 7. The predicted octanol–water partition coefficient (Wildman–Crippen LogP) is 3.59. The number of H-pyrrole nitrogens is 1. The SMILES string of the molecule is CCN1C(C)CN(c2ccnc(-c3cnc4cnc(C(F)(F)F)cn34)n2)C(C)C1c1cn[nH]c1. The molecular formula is C22H24F3N9. The Morgan fingerprint density at radius 2 is 1.94 bits per heavy atom. The minimum absolute atomic E-state index is 0.0692. The Morgan fingerprint density at radius 1 is 1.12 bits per heavy atom. The molecular weight excluding hydrogens is 447 g/mol. The Bertz CT molecular complexity index is 1280. The maximum absolute atomic E-state index is 13.2. The number of aromatic nitrogens is 7. The minimum atomic E-state index is -4.56. The van der Waals surface area contributed by atoms with Crippen LogP contribution in [0.1, 0.15) is 38.1 Å². The van der Waals surface area contributed by atoms with E-state index in [4.69, 9.17) is 4.98 Å². The Morgan fingerprint density at radius 3 is 2.65 bits per heavy atom. The number of imidazole rings is 1. The standard InChI is InChI=1S/C22H24F3N9/c1-4-32-13(2)11-33(14(3)20(32)15-7-29-30-8-15)18-5-6-26-21(31-18)16-9-28-19-10-27-17(12-34(16)19)22(23,24)25/h5-10,12-14,20H,4,11H2,1-3H3,(H,29,30). The van der Waals surface area contributed by atoms with Gasteiger partial charge in [-0.1, -0.05) is 6.92 Å². The third-order valence-electron chi connectivity index (χ3n) is 6.41. The van der Waals surface area contributed by atoms with Crippen molar-refractivity contribution >= 4 is 11.5 Å². The lowest BCUT2D eigenvalue weighted by Gasteiger charge is -2.50. The van der Waals surface area contributed by atoms with Crippen LogP contribution in [0, 0.1) is 0 Å². The Balaban J connectivity index is 1.53. The van der Waals surface area contributed by atoms with Crippen LogP contribution in [0.2, 0.25) is 0 Å². The fraction of sp³-hybridized carbons (Fsp3) is 0.409. The molecule has 0 radical (unpaired) electrons. The number of rotatable bonds is 4. The Kier molecular flexibility index (Phi) is 5.47. The minimum Gasteiger partial charge on any atom is -0.350 e. The average molecular weight is 471 g/mol. The second-order valence-electron chi connectivity index (χ2n) is 8.43. The van der Waals surface area contributed by atoms with Crippen molar-refractivity contribution in [2.75, 3.05) is 18.0 Å². The normalized spacial score (nSPS) is 21.9. The summed E-state index contributed by atoms with van der Waals surface area (Å²) in [6, 6.07) is 2.24. The van der Waals surface area contributed by atoms with Gasteiger partial charge in [0, 0.05) is 42.8 Å². The molecule has 4 aromatic rings. The first-order valence-electron chi connectivity index (χ1n) is 11.0. The van der Waals surface area contributed by atoms with E-state index in [0.717, 1.165) is 31.0 Å². The lowest BCUT2D eigenvalue weighted by molar-refractivity contribution is -0.141. The van der Waals surface area contributed by atoms with Crippen LogP contribution in [0.25, 0.3) is 17.2 Å². The smallest absolute Gasteiger partial charge is 0.350 e. The van der Waals surface area contributed by atoms with Gasteiger partial charge < -0.3 is 4.90 Å². The summed E-state index contributed by atoms with van der Waals surface area (Å²) in [7, 11) is 0. The van der Waals surface area contributed by atoms with Gasteiger partial charge >= 0.3 is 6.18 Å². The van der Waals surface area contributed by atoms with Crippen LogP contribution in [0.4, 0.5) is 19.0 Å². The summed E-state index contributed by atoms with van der Waals surface area (Å²) >= 11 is 0. The molecule has 4 aromatic heterocycles. The van der Waals surface area contributed by atoms with E-state index in [2.05, 4.69) is 55.7 Å². The maximum atomic E-state index is 13.2. The van der Waals surface area contributed by atoms with Gasteiger partial charge in [0.15, 0.2) is 17.2 Å². The molecule has 0 aromatic carbocycles. The van der Waals surface area contributed by atoms with E-state index in [1.165, 1.54) is 10.6 Å². The first-order valence-corrected chi connectivity index (χ1v) is 11.0. The van der Waals surface area contributed by atoms with E-state index >= 15 is 0 Å². The third-order valence-corrected chi connectivity index (χ3v) is 6.41. The molecule has 1 saturated heterocycles. The molecule has 0 spiro atoms. The summed E-state index contributed by atoms with van der Waals surface area (Å²) in [5.41, 5.74) is 0.741.